The number of aliphatic hydroxyl groups is 1. The molecule has 2 atom stereocenters. The van der Waals surface area contributed by atoms with E-state index >= 15 is 0 Å². The molecule has 1 aromatic rings. The topological polar surface area (TPSA) is 77.8 Å². The van der Waals surface area contributed by atoms with Crippen molar-refractivity contribution in [3.05, 3.63) is 35.1 Å². The number of hydrogen-bond donors (Lipinski definition) is 2. The lowest BCUT2D eigenvalue weighted by molar-refractivity contribution is -0.162. The van der Waals surface area contributed by atoms with Crippen molar-refractivity contribution in [1.29, 1.82) is 0 Å². The normalized spacial score (nSPS) is 24.5. The number of aryl methyl sites for hydroxylation is 1. The molecule has 23 heavy (non-hydrogen) atoms. The van der Waals surface area contributed by atoms with Crippen LogP contribution in [-0.2, 0) is 4.79 Å². The summed E-state index contributed by atoms with van der Waals surface area (Å²) in [5.74, 6) is -2.23. The zero-order chi connectivity index (χ0) is 17.2. The number of aliphatic hydroxyl groups excluding tert-OH is 1. The molecule has 1 aliphatic heterocycles. The van der Waals surface area contributed by atoms with Crippen molar-refractivity contribution in [2.75, 3.05) is 13.1 Å². The Morgan fingerprint density at radius 2 is 2.13 bits per heavy atom. The zero-order valence-electron chi connectivity index (χ0n) is 13.4. The second kappa shape index (κ2) is 6.66. The van der Waals surface area contributed by atoms with Gasteiger partial charge in [-0.05, 0) is 31.4 Å². The van der Waals surface area contributed by atoms with Crippen LogP contribution in [0.3, 0.4) is 0 Å². The summed E-state index contributed by atoms with van der Waals surface area (Å²) >= 11 is 0. The number of piperidine rings is 1. The first-order valence-electron chi connectivity index (χ1n) is 7.79. The van der Waals surface area contributed by atoms with E-state index in [9.17, 15) is 24.2 Å². The van der Waals surface area contributed by atoms with Crippen molar-refractivity contribution in [3.8, 4) is 0 Å². The van der Waals surface area contributed by atoms with Crippen LogP contribution in [0.4, 0.5) is 4.39 Å². The number of aliphatic carboxylic acids is 1. The molecule has 1 fully saturated rings. The van der Waals surface area contributed by atoms with E-state index in [4.69, 9.17) is 0 Å². The van der Waals surface area contributed by atoms with E-state index in [1.54, 1.807) is 19.1 Å². The van der Waals surface area contributed by atoms with Gasteiger partial charge in [0.25, 0.3) is 5.91 Å². The van der Waals surface area contributed by atoms with Crippen molar-refractivity contribution >= 4 is 11.9 Å². The van der Waals surface area contributed by atoms with Crippen molar-refractivity contribution in [2.45, 2.75) is 39.2 Å². The summed E-state index contributed by atoms with van der Waals surface area (Å²) in [4.78, 5) is 25.7. The van der Waals surface area contributed by atoms with Crippen molar-refractivity contribution in [2.24, 2.45) is 5.41 Å². The van der Waals surface area contributed by atoms with Crippen LogP contribution in [0.2, 0.25) is 0 Å². The van der Waals surface area contributed by atoms with Gasteiger partial charge in [0.15, 0.2) is 0 Å². The highest BCUT2D eigenvalue weighted by molar-refractivity contribution is 5.95. The fourth-order valence-corrected chi connectivity index (χ4v) is 3.24. The van der Waals surface area contributed by atoms with Crippen LogP contribution in [0.15, 0.2) is 18.2 Å². The Labute approximate surface area is 134 Å². The van der Waals surface area contributed by atoms with Gasteiger partial charge in [-0.25, -0.2) is 4.39 Å². The number of nitrogens with zero attached hydrogens (tertiary/aromatic N) is 1. The van der Waals surface area contributed by atoms with Gasteiger partial charge in [0.1, 0.15) is 11.2 Å². The van der Waals surface area contributed by atoms with Crippen LogP contribution in [-0.4, -0.2) is 46.2 Å². The third kappa shape index (κ3) is 3.08. The number of carboxylic acid groups (broad SMARTS) is 1. The molecule has 5 nitrogen and oxygen atoms in total. The summed E-state index contributed by atoms with van der Waals surface area (Å²) < 4.78 is 14.2. The summed E-state index contributed by atoms with van der Waals surface area (Å²) in [7, 11) is 0. The van der Waals surface area contributed by atoms with Gasteiger partial charge in [0.2, 0.25) is 0 Å². The van der Waals surface area contributed by atoms with Crippen LogP contribution in [0.1, 0.15) is 42.1 Å². The lowest BCUT2D eigenvalue weighted by Gasteiger charge is -2.43. The first kappa shape index (κ1) is 17.4. The van der Waals surface area contributed by atoms with E-state index in [0.717, 1.165) is 0 Å². The number of benzene rings is 1. The summed E-state index contributed by atoms with van der Waals surface area (Å²) in [6.45, 7) is 3.51. The third-order valence-electron chi connectivity index (χ3n) is 4.61. The SMILES string of the molecule is CCC[C@@]1(C(=O)O)CN(C(=O)c2cccc(C)c2F)CC[C@@H]1O. The highest BCUT2D eigenvalue weighted by Crippen LogP contribution is 2.36. The zero-order valence-corrected chi connectivity index (χ0v) is 13.4. The lowest BCUT2D eigenvalue weighted by Crippen LogP contribution is -2.57. The average molecular weight is 323 g/mol. The van der Waals surface area contributed by atoms with E-state index in [1.807, 2.05) is 6.92 Å². The Morgan fingerprint density at radius 1 is 1.43 bits per heavy atom. The molecule has 1 aliphatic rings. The van der Waals surface area contributed by atoms with Crippen LogP contribution in [0, 0.1) is 18.2 Å². The Morgan fingerprint density at radius 3 is 2.74 bits per heavy atom. The van der Waals surface area contributed by atoms with Gasteiger partial charge in [-0.1, -0.05) is 25.5 Å². The molecular weight excluding hydrogens is 301 g/mol. The van der Waals surface area contributed by atoms with Gasteiger partial charge >= 0.3 is 5.97 Å². The molecule has 2 rings (SSSR count). The summed E-state index contributed by atoms with van der Waals surface area (Å²) in [5.41, 5.74) is -1.08. The highest BCUT2D eigenvalue weighted by atomic mass is 19.1. The first-order chi connectivity index (χ1) is 10.8. The summed E-state index contributed by atoms with van der Waals surface area (Å²) in [6, 6.07) is 4.57. The maximum absolute atomic E-state index is 14.2. The Hall–Kier alpha value is -1.95. The fourth-order valence-electron chi connectivity index (χ4n) is 3.24. The highest BCUT2D eigenvalue weighted by Gasteiger charge is 2.49. The van der Waals surface area contributed by atoms with Crippen molar-refractivity contribution in [3.63, 3.8) is 0 Å². The molecule has 1 heterocycles. The molecule has 0 bridgehead atoms. The minimum Gasteiger partial charge on any atom is -0.481 e. The Kier molecular flexibility index (Phi) is 5.04. The fraction of sp³-hybridized carbons (Fsp3) is 0.529. The molecule has 6 heteroatoms. The molecule has 2 N–H and O–H groups in total. The minimum atomic E-state index is -1.39. The van der Waals surface area contributed by atoms with Gasteiger partial charge in [0.05, 0.1) is 11.7 Å². The van der Waals surface area contributed by atoms with E-state index in [1.165, 1.54) is 11.0 Å². The molecule has 0 aliphatic carbocycles. The predicted octanol–water partition coefficient (Wildman–Crippen LogP) is 2.21. The smallest absolute Gasteiger partial charge is 0.314 e. The largest absolute Gasteiger partial charge is 0.481 e. The number of rotatable bonds is 4. The molecular formula is C17H22FNO4. The van der Waals surface area contributed by atoms with Crippen molar-refractivity contribution < 1.29 is 24.2 Å². The number of amides is 1. The van der Waals surface area contributed by atoms with Crippen LogP contribution >= 0.6 is 0 Å². The molecule has 1 amide bonds. The van der Waals surface area contributed by atoms with Crippen LogP contribution in [0.25, 0.3) is 0 Å². The number of hydrogen-bond acceptors (Lipinski definition) is 3. The number of carbonyl (C=O) groups is 2. The quantitative estimate of drug-likeness (QED) is 0.890. The molecule has 0 radical (unpaired) electrons. The minimum absolute atomic E-state index is 0.0582. The number of likely N-dealkylation sites (tertiary alicyclic amines) is 1. The number of carboxylic acids is 1. The lowest BCUT2D eigenvalue weighted by atomic mass is 9.74. The monoisotopic (exact) mass is 323 g/mol. The predicted molar refractivity (Wildman–Crippen MR) is 82.6 cm³/mol. The van der Waals surface area contributed by atoms with E-state index in [-0.39, 0.29) is 31.5 Å². The number of carbonyl (C=O) groups excluding carboxylic acids is 1. The van der Waals surface area contributed by atoms with E-state index in [2.05, 4.69) is 0 Å². The molecule has 0 unspecified atom stereocenters. The maximum Gasteiger partial charge on any atom is 0.314 e. The molecule has 0 aromatic heterocycles. The van der Waals surface area contributed by atoms with E-state index in [0.29, 0.717) is 12.0 Å². The van der Waals surface area contributed by atoms with Gasteiger partial charge in [-0.15, -0.1) is 0 Å². The Balaban J connectivity index is 2.32. The average Bonchev–Trinajstić information content (AvgIpc) is 2.51. The van der Waals surface area contributed by atoms with Gasteiger partial charge < -0.3 is 15.1 Å². The molecule has 1 aromatic carbocycles. The molecule has 1 saturated heterocycles. The second-order valence-electron chi connectivity index (χ2n) is 6.18. The van der Waals surface area contributed by atoms with Gasteiger partial charge in [-0.2, -0.15) is 0 Å². The first-order valence-corrected chi connectivity index (χ1v) is 7.79. The number of halogens is 1. The summed E-state index contributed by atoms with van der Waals surface area (Å²) in [6.07, 6.45) is 0.00514. The summed E-state index contributed by atoms with van der Waals surface area (Å²) in [5, 5.41) is 19.8. The van der Waals surface area contributed by atoms with Crippen molar-refractivity contribution in [1.82, 2.24) is 4.90 Å². The van der Waals surface area contributed by atoms with E-state index < -0.39 is 29.2 Å². The molecule has 126 valence electrons. The molecule has 0 spiro atoms. The van der Waals surface area contributed by atoms with Crippen LogP contribution < -0.4 is 0 Å². The van der Waals surface area contributed by atoms with Gasteiger partial charge in [-0.3, -0.25) is 9.59 Å². The van der Waals surface area contributed by atoms with Crippen LogP contribution in [0.5, 0.6) is 0 Å². The molecule has 0 saturated carbocycles. The third-order valence-corrected chi connectivity index (χ3v) is 4.61. The maximum atomic E-state index is 14.2. The Bertz CT molecular complexity index is 619. The standard InChI is InChI=1S/C17H22FNO4/c1-3-8-17(16(22)23)10-19(9-7-13(17)20)15(21)12-6-4-5-11(2)14(12)18/h4-6,13,20H,3,7-10H2,1-2H3,(H,22,23)/t13-,17+/m0/s1. The second-order valence-corrected chi connectivity index (χ2v) is 6.18. The van der Waals surface area contributed by atoms with Gasteiger partial charge in [0, 0.05) is 13.1 Å².